The molecule has 1 aliphatic heterocycles. The molecule has 0 fully saturated rings. The van der Waals surface area contributed by atoms with Crippen molar-refractivity contribution < 1.29 is 0 Å². The molecule has 1 aromatic heterocycles. The van der Waals surface area contributed by atoms with Crippen molar-refractivity contribution in [3.8, 4) is 0 Å². The quantitative estimate of drug-likeness (QED) is 0.787. The third-order valence-corrected chi connectivity index (χ3v) is 4.77. The molecule has 3 rings (SSSR count). The maximum Gasteiger partial charge on any atom is 0.224 e. The van der Waals surface area contributed by atoms with Crippen LogP contribution in [-0.2, 0) is 19.3 Å². The van der Waals surface area contributed by atoms with E-state index in [9.17, 15) is 0 Å². The lowest BCUT2D eigenvalue weighted by Crippen LogP contribution is -2.35. The summed E-state index contributed by atoms with van der Waals surface area (Å²) < 4.78 is 0. The second-order valence-electron chi connectivity index (χ2n) is 5.77. The number of hydrogen-bond donors (Lipinski definition) is 0. The molecule has 0 saturated carbocycles. The van der Waals surface area contributed by atoms with Gasteiger partial charge in [0.25, 0.3) is 0 Å². The van der Waals surface area contributed by atoms with Gasteiger partial charge in [0.15, 0.2) is 0 Å². The Labute approximate surface area is 137 Å². The van der Waals surface area contributed by atoms with Crippen molar-refractivity contribution in [3.63, 3.8) is 0 Å². The van der Waals surface area contributed by atoms with E-state index >= 15 is 0 Å². The van der Waals surface area contributed by atoms with Crippen molar-refractivity contribution in [1.82, 2.24) is 9.97 Å². The lowest BCUT2D eigenvalue weighted by atomic mass is 9.93. The van der Waals surface area contributed by atoms with Gasteiger partial charge in [0.05, 0.1) is 11.7 Å². The van der Waals surface area contributed by atoms with E-state index in [-0.39, 0.29) is 0 Å². The van der Waals surface area contributed by atoms with Gasteiger partial charge in [-0.25, -0.2) is 9.97 Å². The Bertz CT molecular complexity index is 684. The van der Waals surface area contributed by atoms with Crippen LogP contribution in [0.2, 0.25) is 5.28 Å². The van der Waals surface area contributed by atoms with Gasteiger partial charge in [0, 0.05) is 12.1 Å². The Morgan fingerprint density at radius 3 is 2.68 bits per heavy atom. The maximum atomic E-state index is 6.18. The van der Waals surface area contributed by atoms with E-state index in [0.29, 0.717) is 11.3 Å². The lowest BCUT2D eigenvalue weighted by Gasteiger charge is -2.37. The highest BCUT2D eigenvalue weighted by Crippen LogP contribution is 2.35. The van der Waals surface area contributed by atoms with E-state index < -0.39 is 0 Å². The molecule has 2 aromatic rings. The molecule has 0 bridgehead atoms. The zero-order valence-electron chi connectivity index (χ0n) is 13.4. The van der Waals surface area contributed by atoms with Gasteiger partial charge in [-0.15, -0.1) is 0 Å². The van der Waals surface area contributed by atoms with Crippen LogP contribution >= 0.6 is 11.6 Å². The van der Waals surface area contributed by atoms with Crippen molar-refractivity contribution in [1.29, 1.82) is 0 Å². The van der Waals surface area contributed by atoms with Crippen LogP contribution in [0.3, 0.4) is 0 Å². The van der Waals surface area contributed by atoms with E-state index in [4.69, 9.17) is 11.6 Å². The zero-order chi connectivity index (χ0) is 15.7. The van der Waals surface area contributed by atoms with Gasteiger partial charge >= 0.3 is 0 Å². The standard InChI is InChI=1S/C18H22ClN3/c1-4-14-16(5-2)20-18(19)21-17(14)22-11-10-13-8-6-7-9-15(13)12(22)3/h6-9,12H,4-5,10-11H2,1-3H3. The molecule has 4 heteroatoms. The molecule has 0 N–H and O–H groups in total. The van der Waals surface area contributed by atoms with Gasteiger partial charge in [-0.2, -0.15) is 0 Å². The highest BCUT2D eigenvalue weighted by molar-refractivity contribution is 6.28. The summed E-state index contributed by atoms with van der Waals surface area (Å²) in [6.45, 7) is 7.51. The van der Waals surface area contributed by atoms with Crippen molar-refractivity contribution in [2.24, 2.45) is 0 Å². The van der Waals surface area contributed by atoms with Crippen LogP contribution < -0.4 is 4.90 Å². The molecule has 0 saturated heterocycles. The first kappa shape index (κ1) is 15.3. The molecule has 1 aromatic carbocycles. The molecule has 116 valence electrons. The monoisotopic (exact) mass is 315 g/mol. The fourth-order valence-corrected chi connectivity index (χ4v) is 3.62. The Morgan fingerprint density at radius 2 is 1.95 bits per heavy atom. The van der Waals surface area contributed by atoms with Crippen LogP contribution in [0.1, 0.15) is 49.2 Å². The number of rotatable bonds is 3. The molecule has 3 nitrogen and oxygen atoms in total. The number of aromatic nitrogens is 2. The predicted octanol–water partition coefficient (Wildman–Crippen LogP) is 4.38. The van der Waals surface area contributed by atoms with Crippen molar-refractivity contribution in [3.05, 3.63) is 51.9 Å². The molecule has 0 amide bonds. The van der Waals surface area contributed by atoms with Gasteiger partial charge in [-0.3, -0.25) is 0 Å². The normalized spacial score (nSPS) is 17.5. The summed E-state index contributed by atoms with van der Waals surface area (Å²) in [5.74, 6) is 1.02. The number of hydrogen-bond acceptors (Lipinski definition) is 3. The molecule has 0 aliphatic carbocycles. The van der Waals surface area contributed by atoms with E-state index in [1.54, 1.807) is 0 Å². The van der Waals surface area contributed by atoms with Crippen LogP contribution in [0, 0.1) is 0 Å². The minimum atomic E-state index is 0.311. The van der Waals surface area contributed by atoms with Crippen LogP contribution in [0.25, 0.3) is 0 Å². The molecular weight excluding hydrogens is 294 g/mol. The number of halogens is 1. The summed E-state index contributed by atoms with van der Waals surface area (Å²) in [6.07, 6.45) is 2.87. The molecule has 0 radical (unpaired) electrons. The summed E-state index contributed by atoms with van der Waals surface area (Å²) >= 11 is 6.18. The molecule has 1 atom stereocenters. The maximum absolute atomic E-state index is 6.18. The van der Waals surface area contributed by atoms with E-state index in [1.165, 1.54) is 16.7 Å². The summed E-state index contributed by atoms with van der Waals surface area (Å²) in [7, 11) is 0. The van der Waals surface area contributed by atoms with Crippen LogP contribution in [0.4, 0.5) is 5.82 Å². The first-order chi connectivity index (χ1) is 10.7. The van der Waals surface area contributed by atoms with E-state index in [2.05, 4.69) is 59.9 Å². The fraction of sp³-hybridized carbons (Fsp3) is 0.444. The number of fused-ring (bicyclic) bond motifs is 1. The Hall–Kier alpha value is -1.61. The van der Waals surface area contributed by atoms with Crippen LogP contribution in [0.15, 0.2) is 24.3 Å². The van der Waals surface area contributed by atoms with Gasteiger partial charge in [0.1, 0.15) is 5.82 Å². The first-order valence-corrected chi connectivity index (χ1v) is 8.43. The van der Waals surface area contributed by atoms with Gasteiger partial charge in [0.2, 0.25) is 5.28 Å². The Kier molecular flexibility index (Phi) is 4.34. The first-order valence-electron chi connectivity index (χ1n) is 8.05. The number of anilines is 1. The van der Waals surface area contributed by atoms with Crippen molar-refractivity contribution in [2.75, 3.05) is 11.4 Å². The summed E-state index contributed by atoms with van der Waals surface area (Å²) in [4.78, 5) is 11.4. The Balaban J connectivity index is 2.07. The molecule has 22 heavy (non-hydrogen) atoms. The highest BCUT2D eigenvalue weighted by atomic mass is 35.5. The van der Waals surface area contributed by atoms with Crippen LogP contribution in [0.5, 0.6) is 0 Å². The minimum absolute atomic E-state index is 0.311. The molecule has 1 unspecified atom stereocenters. The van der Waals surface area contributed by atoms with Crippen molar-refractivity contribution in [2.45, 2.75) is 46.1 Å². The van der Waals surface area contributed by atoms with Gasteiger partial charge < -0.3 is 4.90 Å². The number of benzene rings is 1. The largest absolute Gasteiger partial charge is 0.349 e. The summed E-state index contributed by atoms with van der Waals surface area (Å²) in [6, 6.07) is 9.00. The molecule has 2 heterocycles. The smallest absolute Gasteiger partial charge is 0.224 e. The lowest BCUT2D eigenvalue weighted by molar-refractivity contribution is 0.612. The highest BCUT2D eigenvalue weighted by Gasteiger charge is 2.27. The summed E-state index contributed by atoms with van der Waals surface area (Å²) in [5, 5.41) is 0.357. The average molecular weight is 316 g/mol. The second kappa shape index (κ2) is 6.25. The number of nitrogens with zero attached hydrogens (tertiary/aromatic N) is 3. The van der Waals surface area contributed by atoms with E-state index in [0.717, 1.165) is 37.3 Å². The zero-order valence-corrected chi connectivity index (χ0v) is 14.2. The summed E-state index contributed by atoms with van der Waals surface area (Å²) in [5.41, 5.74) is 5.14. The second-order valence-corrected chi connectivity index (χ2v) is 6.10. The molecule has 0 spiro atoms. The molecular formula is C18H22ClN3. The van der Waals surface area contributed by atoms with Gasteiger partial charge in [-0.1, -0.05) is 38.1 Å². The van der Waals surface area contributed by atoms with E-state index in [1.807, 2.05) is 0 Å². The number of aryl methyl sites for hydroxylation is 1. The third kappa shape index (κ3) is 2.58. The SMILES string of the molecule is CCc1nc(Cl)nc(N2CCc3ccccc3C2C)c1CC. The minimum Gasteiger partial charge on any atom is -0.349 e. The topological polar surface area (TPSA) is 29.0 Å². The third-order valence-electron chi connectivity index (χ3n) is 4.60. The average Bonchev–Trinajstić information content (AvgIpc) is 2.54. The van der Waals surface area contributed by atoms with Crippen LogP contribution in [-0.4, -0.2) is 16.5 Å². The van der Waals surface area contributed by atoms with Crippen molar-refractivity contribution >= 4 is 17.4 Å². The predicted molar refractivity (Wildman–Crippen MR) is 91.7 cm³/mol. The molecule has 1 aliphatic rings. The fourth-order valence-electron chi connectivity index (χ4n) is 3.44. The Morgan fingerprint density at radius 1 is 1.18 bits per heavy atom. The van der Waals surface area contributed by atoms with Gasteiger partial charge in [-0.05, 0) is 48.9 Å².